The first-order valence-electron chi connectivity index (χ1n) is 5.65. The molecule has 0 unspecified atom stereocenters. The van der Waals surface area contributed by atoms with Gasteiger partial charge in [-0.25, -0.2) is 0 Å². The Labute approximate surface area is 125 Å². The van der Waals surface area contributed by atoms with Crippen LogP contribution in [0.25, 0.3) is 0 Å². The molecule has 0 fully saturated rings. The summed E-state index contributed by atoms with van der Waals surface area (Å²) in [5.74, 6) is -0.00410. The minimum Gasteiger partial charge on any atom is -0.330 e. The van der Waals surface area contributed by atoms with Crippen LogP contribution in [0.3, 0.4) is 0 Å². The summed E-state index contributed by atoms with van der Waals surface area (Å²) in [6.07, 6.45) is 1.75. The van der Waals surface area contributed by atoms with E-state index >= 15 is 0 Å². The van der Waals surface area contributed by atoms with Crippen LogP contribution in [0.2, 0.25) is 0 Å². The van der Waals surface area contributed by atoms with Crippen molar-refractivity contribution < 1.29 is 4.79 Å². The van der Waals surface area contributed by atoms with E-state index in [1.807, 2.05) is 39.0 Å². The third-order valence-electron chi connectivity index (χ3n) is 2.53. The first-order valence-corrected chi connectivity index (χ1v) is 7.24. The minimum absolute atomic E-state index is 0.00410. The van der Waals surface area contributed by atoms with Gasteiger partial charge >= 0.3 is 0 Å². The largest absolute Gasteiger partial charge is 0.330 e. The number of halogens is 2. The van der Waals surface area contributed by atoms with E-state index in [0.717, 1.165) is 8.95 Å². The van der Waals surface area contributed by atoms with Gasteiger partial charge < -0.3 is 4.90 Å². The molecule has 0 saturated carbocycles. The SMILES string of the molecule is C=CCN(C(=O)c1cc(Br)ccc1Br)C(C)(C)C. The maximum atomic E-state index is 12.6. The average molecular weight is 375 g/mol. The van der Waals surface area contributed by atoms with Crippen molar-refractivity contribution in [3.05, 3.63) is 45.4 Å². The summed E-state index contributed by atoms with van der Waals surface area (Å²) in [5.41, 5.74) is 0.411. The molecule has 0 aliphatic carbocycles. The predicted octanol–water partition coefficient (Wildman–Crippen LogP) is 4.64. The fraction of sp³-hybridized carbons (Fsp3) is 0.357. The Morgan fingerprint density at radius 1 is 1.39 bits per heavy atom. The van der Waals surface area contributed by atoms with E-state index in [9.17, 15) is 4.79 Å². The van der Waals surface area contributed by atoms with Crippen LogP contribution in [0.15, 0.2) is 39.8 Å². The van der Waals surface area contributed by atoms with Gasteiger partial charge in [0.15, 0.2) is 0 Å². The smallest absolute Gasteiger partial charge is 0.255 e. The summed E-state index contributed by atoms with van der Waals surface area (Å²) >= 11 is 6.81. The zero-order chi connectivity index (χ0) is 13.9. The fourth-order valence-corrected chi connectivity index (χ4v) is 2.37. The second kappa shape index (κ2) is 6.02. The van der Waals surface area contributed by atoms with E-state index in [4.69, 9.17) is 0 Å². The van der Waals surface area contributed by atoms with Gasteiger partial charge in [0.25, 0.3) is 5.91 Å². The van der Waals surface area contributed by atoms with Gasteiger partial charge in [-0.1, -0.05) is 22.0 Å². The number of benzene rings is 1. The Morgan fingerprint density at radius 3 is 2.50 bits per heavy atom. The number of amides is 1. The lowest BCUT2D eigenvalue weighted by Gasteiger charge is -2.35. The van der Waals surface area contributed by atoms with Gasteiger partial charge in [0.2, 0.25) is 0 Å². The normalized spacial score (nSPS) is 11.2. The molecule has 1 rings (SSSR count). The molecule has 0 atom stereocenters. The highest BCUT2D eigenvalue weighted by Gasteiger charge is 2.27. The molecule has 4 heteroatoms. The first-order chi connectivity index (χ1) is 8.27. The lowest BCUT2D eigenvalue weighted by Crippen LogP contribution is -2.45. The van der Waals surface area contributed by atoms with Crippen molar-refractivity contribution >= 4 is 37.8 Å². The van der Waals surface area contributed by atoms with Crippen molar-refractivity contribution in [2.45, 2.75) is 26.3 Å². The molecule has 1 aromatic rings. The summed E-state index contributed by atoms with van der Waals surface area (Å²) in [4.78, 5) is 14.4. The molecule has 2 nitrogen and oxygen atoms in total. The van der Waals surface area contributed by atoms with E-state index in [1.165, 1.54) is 0 Å². The average Bonchev–Trinajstić information content (AvgIpc) is 2.27. The summed E-state index contributed by atoms with van der Waals surface area (Å²) < 4.78 is 1.69. The first kappa shape index (κ1) is 15.4. The second-order valence-corrected chi connectivity index (χ2v) is 6.77. The molecule has 0 radical (unpaired) electrons. The highest BCUT2D eigenvalue weighted by molar-refractivity contribution is 9.11. The third-order valence-corrected chi connectivity index (χ3v) is 3.71. The van der Waals surface area contributed by atoms with Crippen molar-refractivity contribution in [1.29, 1.82) is 0 Å². The zero-order valence-electron chi connectivity index (χ0n) is 10.8. The summed E-state index contributed by atoms with van der Waals surface area (Å²) in [5, 5.41) is 0. The van der Waals surface area contributed by atoms with Gasteiger partial charge in [-0.05, 0) is 54.9 Å². The molecule has 0 heterocycles. The molecule has 0 N–H and O–H groups in total. The Bertz CT molecular complexity index is 463. The van der Waals surface area contributed by atoms with Crippen LogP contribution in [0.5, 0.6) is 0 Å². The van der Waals surface area contributed by atoms with E-state index in [-0.39, 0.29) is 11.4 Å². The van der Waals surface area contributed by atoms with E-state index in [1.54, 1.807) is 11.0 Å². The van der Waals surface area contributed by atoms with Crippen molar-refractivity contribution in [3.8, 4) is 0 Å². The minimum atomic E-state index is -0.243. The number of carbonyl (C=O) groups is 1. The highest BCUT2D eigenvalue weighted by Crippen LogP contribution is 2.25. The number of hydrogen-bond donors (Lipinski definition) is 0. The standard InChI is InChI=1S/C14H17Br2NO/c1-5-8-17(14(2,3)4)13(18)11-9-10(15)6-7-12(11)16/h5-7,9H,1,8H2,2-4H3. The number of hydrogen-bond acceptors (Lipinski definition) is 1. The van der Waals surface area contributed by atoms with Crippen molar-refractivity contribution in [2.75, 3.05) is 6.54 Å². The second-order valence-electron chi connectivity index (χ2n) is 5.00. The Kier molecular flexibility index (Phi) is 5.17. The lowest BCUT2D eigenvalue weighted by molar-refractivity contribution is 0.0615. The van der Waals surface area contributed by atoms with Crippen molar-refractivity contribution in [3.63, 3.8) is 0 Å². The molecule has 0 saturated heterocycles. The van der Waals surface area contributed by atoms with Crippen LogP contribution in [-0.2, 0) is 0 Å². The van der Waals surface area contributed by atoms with Crippen LogP contribution in [0.4, 0.5) is 0 Å². The van der Waals surface area contributed by atoms with Crippen LogP contribution in [0.1, 0.15) is 31.1 Å². The molecule has 0 bridgehead atoms. The molecule has 1 amide bonds. The third kappa shape index (κ3) is 3.69. The fourth-order valence-electron chi connectivity index (χ4n) is 1.60. The summed E-state index contributed by atoms with van der Waals surface area (Å²) in [7, 11) is 0. The molecular weight excluding hydrogens is 358 g/mol. The monoisotopic (exact) mass is 373 g/mol. The number of nitrogens with zero attached hydrogens (tertiary/aromatic N) is 1. The van der Waals surface area contributed by atoms with Gasteiger partial charge in [-0.3, -0.25) is 4.79 Å². The van der Waals surface area contributed by atoms with E-state index in [2.05, 4.69) is 38.4 Å². The molecular formula is C14H17Br2NO. The van der Waals surface area contributed by atoms with Crippen LogP contribution >= 0.6 is 31.9 Å². The summed E-state index contributed by atoms with van der Waals surface area (Å²) in [6, 6.07) is 5.59. The molecule has 0 spiro atoms. The van der Waals surface area contributed by atoms with Gasteiger partial charge in [0.05, 0.1) is 5.56 Å². The highest BCUT2D eigenvalue weighted by atomic mass is 79.9. The van der Waals surface area contributed by atoms with E-state index in [0.29, 0.717) is 12.1 Å². The van der Waals surface area contributed by atoms with Gasteiger partial charge in [0, 0.05) is 21.0 Å². The molecule has 0 aromatic heterocycles. The number of carbonyl (C=O) groups excluding carboxylic acids is 1. The molecule has 1 aromatic carbocycles. The molecule has 0 aliphatic heterocycles. The maximum absolute atomic E-state index is 12.6. The van der Waals surface area contributed by atoms with Gasteiger partial charge in [-0.15, -0.1) is 6.58 Å². The quantitative estimate of drug-likeness (QED) is 0.705. The van der Waals surface area contributed by atoms with Gasteiger partial charge in [-0.2, -0.15) is 0 Å². The Balaban J connectivity index is 3.17. The van der Waals surface area contributed by atoms with Crippen LogP contribution in [-0.4, -0.2) is 22.9 Å². The van der Waals surface area contributed by atoms with Crippen LogP contribution in [0, 0.1) is 0 Å². The molecule has 98 valence electrons. The predicted molar refractivity (Wildman–Crippen MR) is 82.8 cm³/mol. The Morgan fingerprint density at radius 2 is 2.00 bits per heavy atom. The zero-order valence-corrected chi connectivity index (χ0v) is 14.0. The maximum Gasteiger partial charge on any atom is 0.255 e. The van der Waals surface area contributed by atoms with E-state index < -0.39 is 0 Å². The van der Waals surface area contributed by atoms with Gasteiger partial charge in [0.1, 0.15) is 0 Å². The molecule has 0 aliphatic rings. The Hall–Kier alpha value is -0.610. The lowest BCUT2D eigenvalue weighted by atomic mass is 10.0. The van der Waals surface area contributed by atoms with Crippen LogP contribution < -0.4 is 0 Å². The topological polar surface area (TPSA) is 20.3 Å². The number of rotatable bonds is 3. The van der Waals surface area contributed by atoms with Crippen molar-refractivity contribution in [2.24, 2.45) is 0 Å². The van der Waals surface area contributed by atoms with Crippen molar-refractivity contribution in [1.82, 2.24) is 4.90 Å². The molecule has 18 heavy (non-hydrogen) atoms. The summed E-state index contributed by atoms with van der Waals surface area (Å²) in [6.45, 7) is 10.3.